The number of imidazole rings is 1. The maximum atomic E-state index is 11.9. The Labute approximate surface area is 144 Å². The molecule has 0 saturated carbocycles. The van der Waals surface area contributed by atoms with Gasteiger partial charge in [-0.05, 0) is 37.1 Å². The molecule has 0 spiro atoms. The zero-order chi connectivity index (χ0) is 17.1. The zero-order valence-electron chi connectivity index (χ0n) is 13.7. The van der Waals surface area contributed by atoms with Gasteiger partial charge in [-0.3, -0.25) is 9.20 Å². The molecule has 0 unspecified atom stereocenters. The number of hydrogen-bond acceptors (Lipinski definition) is 4. The number of aryl methyl sites for hydroxylation is 1. The number of pyridine rings is 1. The number of amides is 1. The van der Waals surface area contributed by atoms with Crippen LogP contribution in [0.25, 0.3) is 16.7 Å². The first-order chi connectivity index (χ1) is 11.7. The Morgan fingerprint density at radius 3 is 2.96 bits per heavy atom. The third-order valence-corrected chi connectivity index (χ3v) is 4.78. The summed E-state index contributed by atoms with van der Waals surface area (Å²) >= 11 is 1.46. The molecule has 24 heavy (non-hydrogen) atoms. The molecule has 2 heterocycles. The van der Waals surface area contributed by atoms with E-state index in [2.05, 4.69) is 16.4 Å². The predicted molar refractivity (Wildman–Crippen MR) is 96.2 cm³/mol. The van der Waals surface area contributed by atoms with E-state index >= 15 is 0 Å². The molecule has 122 valence electrons. The number of nitrogens with one attached hydrogen (secondary N) is 1. The number of rotatable bonds is 5. The van der Waals surface area contributed by atoms with Crippen LogP contribution >= 0.6 is 11.8 Å². The van der Waals surface area contributed by atoms with Crippen LogP contribution in [0, 0.1) is 18.3 Å². The summed E-state index contributed by atoms with van der Waals surface area (Å²) in [6.45, 7) is 4.62. The summed E-state index contributed by atoms with van der Waals surface area (Å²) in [6, 6.07) is 12.0. The van der Waals surface area contributed by atoms with Crippen molar-refractivity contribution in [1.82, 2.24) is 14.7 Å². The number of hydrogen-bond donors (Lipinski definition) is 1. The second kappa shape index (κ2) is 6.93. The Balaban J connectivity index is 2.07. The van der Waals surface area contributed by atoms with Gasteiger partial charge in [0, 0.05) is 6.54 Å². The number of thioether (sulfide) groups is 1. The molecule has 3 rings (SSSR count). The van der Waals surface area contributed by atoms with E-state index in [9.17, 15) is 10.1 Å². The highest BCUT2D eigenvalue weighted by Gasteiger charge is 2.15. The van der Waals surface area contributed by atoms with Gasteiger partial charge in [0.15, 0.2) is 5.65 Å². The van der Waals surface area contributed by atoms with Gasteiger partial charge in [-0.1, -0.05) is 30.8 Å². The topological polar surface area (TPSA) is 70.2 Å². The Morgan fingerprint density at radius 1 is 1.42 bits per heavy atom. The molecule has 2 aromatic heterocycles. The van der Waals surface area contributed by atoms with Crippen LogP contribution in [0.4, 0.5) is 0 Å². The van der Waals surface area contributed by atoms with E-state index in [0.717, 1.165) is 28.0 Å². The van der Waals surface area contributed by atoms with Crippen molar-refractivity contribution in [1.29, 1.82) is 5.26 Å². The number of nitrogens with zero attached hydrogens (tertiary/aromatic N) is 3. The minimum Gasteiger partial charge on any atom is -0.355 e. The molecule has 1 aromatic carbocycles. The summed E-state index contributed by atoms with van der Waals surface area (Å²) < 4.78 is 1.97. The first-order valence-electron chi connectivity index (χ1n) is 7.86. The molecule has 1 N–H and O–H groups in total. The van der Waals surface area contributed by atoms with Crippen LogP contribution in [-0.2, 0) is 4.79 Å². The van der Waals surface area contributed by atoms with Crippen LogP contribution in [0.5, 0.6) is 0 Å². The highest BCUT2D eigenvalue weighted by molar-refractivity contribution is 7.99. The van der Waals surface area contributed by atoms with E-state index in [0.29, 0.717) is 23.5 Å². The average molecular weight is 338 g/mol. The minimum absolute atomic E-state index is 0.0152. The number of aromatic nitrogens is 2. The molecule has 0 bridgehead atoms. The van der Waals surface area contributed by atoms with Gasteiger partial charge < -0.3 is 5.32 Å². The van der Waals surface area contributed by atoms with E-state index in [1.54, 1.807) is 0 Å². The maximum absolute atomic E-state index is 11.9. The summed E-state index contributed by atoms with van der Waals surface area (Å²) in [5.74, 6) is 0.355. The Bertz CT molecular complexity index is 955. The van der Waals surface area contributed by atoms with Gasteiger partial charge in [-0.25, -0.2) is 4.98 Å². The summed E-state index contributed by atoms with van der Waals surface area (Å²) in [5.41, 5.74) is 3.88. The molecule has 0 radical (unpaired) electrons. The number of carbonyl (C=O) groups excluding carboxylic acids is 1. The van der Waals surface area contributed by atoms with E-state index in [1.807, 2.05) is 48.6 Å². The third kappa shape index (κ3) is 2.95. The van der Waals surface area contributed by atoms with E-state index in [1.165, 1.54) is 11.8 Å². The van der Waals surface area contributed by atoms with Crippen molar-refractivity contribution in [3.05, 3.63) is 41.5 Å². The quantitative estimate of drug-likeness (QED) is 0.725. The molecule has 5 nitrogen and oxygen atoms in total. The zero-order valence-corrected chi connectivity index (χ0v) is 14.5. The number of fused-ring (bicyclic) bond motifs is 3. The van der Waals surface area contributed by atoms with E-state index in [4.69, 9.17) is 0 Å². The lowest BCUT2D eigenvalue weighted by molar-refractivity contribution is -0.118. The Morgan fingerprint density at radius 2 is 2.21 bits per heavy atom. The van der Waals surface area contributed by atoms with Crippen molar-refractivity contribution < 1.29 is 4.79 Å². The first kappa shape index (κ1) is 16.3. The van der Waals surface area contributed by atoms with Gasteiger partial charge in [0.25, 0.3) is 0 Å². The molecule has 0 aliphatic heterocycles. The first-order valence-corrected chi connectivity index (χ1v) is 8.84. The minimum atomic E-state index is 0.0152. The normalized spacial score (nSPS) is 10.9. The predicted octanol–water partition coefficient (Wildman–Crippen LogP) is 3.29. The maximum Gasteiger partial charge on any atom is 0.230 e. The summed E-state index contributed by atoms with van der Waals surface area (Å²) in [6.07, 6.45) is 0.919. The molecule has 3 aromatic rings. The molecule has 6 heteroatoms. The second-order valence-corrected chi connectivity index (χ2v) is 6.55. The van der Waals surface area contributed by atoms with Gasteiger partial charge in [-0.2, -0.15) is 5.26 Å². The molecule has 0 saturated heterocycles. The summed E-state index contributed by atoms with van der Waals surface area (Å²) in [7, 11) is 0. The average Bonchev–Trinajstić information content (AvgIpc) is 2.97. The fourth-order valence-electron chi connectivity index (χ4n) is 2.61. The van der Waals surface area contributed by atoms with Crippen LogP contribution in [0.1, 0.15) is 24.5 Å². The van der Waals surface area contributed by atoms with Crippen LogP contribution in [0.3, 0.4) is 0 Å². The van der Waals surface area contributed by atoms with E-state index in [-0.39, 0.29) is 5.91 Å². The van der Waals surface area contributed by atoms with Gasteiger partial charge in [0.1, 0.15) is 6.07 Å². The largest absolute Gasteiger partial charge is 0.355 e. The molecule has 0 fully saturated rings. The number of para-hydroxylation sites is 2. The number of benzene rings is 1. The van der Waals surface area contributed by atoms with Crippen molar-refractivity contribution in [2.45, 2.75) is 25.3 Å². The van der Waals surface area contributed by atoms with Gasteiger partial charge >= 0.3 is 0 Å². The summed E-state index contributed by atoms with van der Waals surface area (Å²) in [4.78, 5) is 16.5. The van der Waals surface area contributed by atoms with Crippen molar-refractivity contribution in [3.63, 3.8) is 0 Å². The molecule has 0 atom stereocenters. The van der Waals surface area contributed by atoms with Crippen molar-refractivity contribution in [2.24, 2.45) is 0 Å². The van der Waals surface area contributed by atoms with Gasteiger partial charge in [0.05, 0.1) is 27.4 Å². The molecular weight excluding hydrogens is 320 g/mol. The second-order valence-electron chi connectivity index (χ2n) is 5.55. The van der Waals surface area contributed by atoms with Gasteiger partial charge in [0.2, 0.25) is 5.91 Å². The van der Waals surface area contributed by atoms with Crippen LogP contribution in [-0.4, -0.2) is 27.6 Å². The lowest BCUT2D eigenvalue weighted by atomic mass is 10.2. The van der Waals surface area contributed by atoms with Crippen LogP contribution in [0.2, 0.25) is 0 Å². The van der Waals surface area contributed by atoms with Crippen molar-refractivity contribution in [3.8, 4) is 6.07 Å². The van der Waals surface area contributed by atoms with Crippen LogP contribution < -0.4 is 5.32 Å². The molecule has 1 amide bonds. The van der Waals surface area contributed by atoms with Crippen molar-refractivity contribution in [2.75, 3.05) is 12.3 Å². The molecular formula is C18H18N4OS. The third-order valence-electron chi connectivity index (χ3n) is 3.77. The Hall–Kier alpha value is -2.52. The monoisotopic (exact) mass is 338 g/mol. The fraction of sp³-hybridized carbons (Fsp3) is 0.278. The lowest BCUT2D eigenvalue weighted by Crippen LogP contribution is -2.25. The smallest absolute Gasteiger partial charge is 0.230 e. The van der Waals surface area contributed by atoms with Crippen LogP contribution in [0.15, 0.2) is 35.4 Å². The van der Waals surface area contributed by atoms with Crippen molar-refractivity contribution >= 4 is 34.3 Å². The van der Waals surface area contributed by atoms with Gasteiger partial charge in [-0.15, -0.1) is 0 Å². The lowest BCUT2D eigenvalue weighted by Gasteiger charge is -2.10. The number of carbonyl (C=O) groups is 1. The summed E-state index contributed by atoms with van der Waals surface area (Å²) in [5, 5.41) is 13.3. The highest BCUT2D eigenvalue weighted by Crippen LogP contribution is 2.29. The SMILES string of the molecule is CCCNC(=O)CSc1cc(C)c(C#N)c2nc3ccccc3n12. The molecule has 0 aliphatic carbocycles. The van der Waals surface area contributed by atoms with E-state index < -0.39 is 0 Å². The number of nitriles is 1. The Kier molecular flexibility index (Phi) is 4.72. The highest BCUT2D eigenvalue weighted by atomic mass is 32.2. The molecule has 0 aliphatic rings. The fourth-order valence-corrected chi connectivity index (χ4v) is 3.57. The standard InChI is InChI=1S/C18H18N4OS/c1-3-8-20-16(23)11-24-17-9-12(2)13(10-19)18-21-14-6-4-5-7-15(14)22(17)18/h4-7,9H,3,8,11H2,1-2H3,(H,20,23).